The first kappa shape index (κ1) is 18.1. The van der Waals surface area contributed by atoms with Gasteiger partial charge in [0.05, 0.1) is 5.71 Å². The number of pyridine rings is 1. The van der Waals surface area contributed by atoms with Gasteiger partial charge in [-0.25, -0.2) is 0 Å². The topological polar surface area (TPSA) is 55.0 Å². The van der Waals surface area contributed by atoms with E-state index in [0.29, 0.717) is 12.7 Å². The minimum atomic E-state index is 0.538. The summed E-state index contributed by atoms with van der Waals surface area (Å²) in [5, 5.41) is 8.79. The normalized spacial score (nSPS) is 17.7. The van der Waals surface area contributed by atoms with Crippen LogP contribution >= 0.6 is 0 Å². The Morgan fingerprint density at radius 2 is 1.86 bits per heavy atom. The molecule has 4 heterocycles. The predicted molar refractivity (Wildman–Crippen MR) is 113 cm³/mol. The fraction of sp³-hybridized carbons (Fsp3) is 0.348. The Bertz CT molecular complexity index is 1030. The Labute approximate surface area is 170 Å². The summed E-state index contributed by atoms with van der Waals surface area (Å²) in [5.41, 5.74) is 4.28. The van der Waals surface area contributed by atoms with Crippen molar-refractivity contribution in [2.24, 2.45) is 4.99 Å². The van der Waals surface area contributed by atoms with Crippen LogP contribution in [0.1, 0.15) is 29.8 Å². The second-order valence-electron chi connectivity index (χ2n) is 7.60. The van der Waals surface area contributed by atoms with Crippen LogP contribution in [-0.2, 0) is 17.6 Å². The zero-order chi connectivity index (χ0) is 19.5. The molecule has 2 aromatic heterocycles. The summed E-state index contributed by atoms with van der Waals surface area (Å²) in [6.45, 7) is 2.40. The van der Waals surface area contributed by atoms with Crippen LogP contribution in [0.5, 0.6) is 0 Å². The lowest BCUT2D eigenvalue weighted by molar-refractivity contribution is 0.0500. The highest BCUT2D eigenvalue weighted by molar-refractivity contribution is 6.09. The van der Waals surface area contributed by atoms with Crippen LogP contribution in [0.3, 0.4) is 0 Å². The zero-order valence-corrected chi connectivity index (χ0v) is 16.4. The number of hydrogen-bond acceptors (Lipinski definition) is 5. The van der Waals surface area contributed by atoms with Crippen molar-refractivity contribution in [2.45, 2.75) is 31.7 Å². The summed E-state index contributed by atoms with van der Waals surface area (Å²) in [7, 11) is 0. The van der Waals surface area contributed by atoms with E-state index in [-0.39, 0.29) is 0 Å². The first-order valence-corrected chi connectivity index (χ1v) is 10.3. The van der Waals surface area contributed by atoms with Gasteiger partial charge in [0.25, 0.3) is 0 Å². The Morgan fingerprint density at radius 3 is 2.66 bits per heavy atom. The van der Waals surface area contributed by atoms with Crippen molar-refractivity contribution in [1.29, 1.82) is 0 Å². The third-order valence-corrected chi connectivity index (χ3v) is 5.74. The number of aromatic nitrogens is 3. The molecule has 5 rings (SSSR count). The van der Waals surface area contributed by atoms with Gasteiger partial charge in [-0.05, 0) is 43.0 Å². The molecule has 0 N–H and O–H groups in total. The average molecular weight is 387 g/mol. The molecule has 2 aliphatic heterocycles. The molecular weight excluding hydrogens is 362 g/mol. The Hall–Kier alpha value is -2.99. The molecular formula is C23H25N5O. The van der Waals surface area contributed by atoms with Gasteiger partial charge in [0, 0.05) is 43.6 Å². The maximum atomic E-state index is 5.46. The van der Waals surface area contributed by atoms with Crippen molar-refractivity contribution in [3.63, 3.8) is 0 Å². The van der Waals surface area contributed by atoms with E-state index in [9.17, 15) is 0 Å². The maximum Gasteiger partial charge on any atom is 0.161 e. The molecule has 0 saturated carbocycles. The molecule has 0 radical (unpaired) electrons. The van der Waals surface area contributed by atoms with Crippen LogP contribution in [0.2, 0.25) is 0 Å². The first-order valence-electron chi connectivity index (χ1n) is 10.3. The number of benzene rings is 1. The molecule has 1 saturated heterocycles. The first-order chi connectivity index (χ1) is 14.4. The van der Waals surface area contributed by atoms with Gasteiger partial charge in [-0.1, -0.05) is 30.3 Å². The van der Waals surface area contributed by atoms with Crippen molar-refractivity contribution < 1.29 is 4.74 Å². The third kappa shape index (κ3) is 3.93. The zero-order valence-electron chi connectivity index (χ0n) is 16.4. The Balaban J connectivity index is 1.28. The summed E-state index contributed by atoms with van der Waals surface area (Å²) in [5.74, 6) is 0.988. The summed E-state index contributed by atoms with van der Waals surface area (Å²) < 4.78 is 7.54. The SMILES string of the molecule is C1=CN(C2CCOCC2)CN=C1c1ccn2c(CCc3ccccc3)nnc2c1. The number of ether oxygens (including phenoxy) is 1. The summed E-state index contributed by atoms with van der Waals surface area (Å²) in [6, 6.07) is 15.2. The van der Waals surface area contributed by atoms with E-state index in [0.717, 1.165) is 61.6 Å². The van der Waals surface area contributed by atoms with Crippen LogP contribution < -0.4 is 0 Å². The molecule has 0 amide bonds. The molecule has 0 spiro atoms. The van der Waals surface area contributed by atoms with E-state index < -0.39 is 0 Å². The molecule has 6 nitrogen and oxygen atoms in total. The smallest absolute Gasteiger partial charge is 0.161 e. The van der Waals surface area contributed by atoms with Crippen molar-refractivity contribution in [3.05, 3.63) is 77.9 Å². The quantitative estimate of drug-likeness (QED) is 0.674. The van der Waals surface area contributed by atoms with Gasteiger partial charge < -0.3 is 9.64 Å². The van der Waals surface area contributed by atoms with Crippen molar-refractivity contribution in [2.75, 3.05) is 19.9 Å². The van der Waals surface area contributed by atoms with Crippen LogP contribution in [0.4, 0.5) is 0 Å². The highest BCUT2D eigenvalue weighted by Crippen LogP contribution is 2.19. The van der Waals surface area contributed by atoms with Gasteiger partial charge in [0.2, 0.25) is 0 Å². The van der Waals surface area contributed by atoms with Crippen molar-refractivity contribution in [3.8, 4) is 0 Å². The number of aliphatic imine (C=N–C) groups is 1. The number of aryl methyl sites for hydroxylation is 2. The molecule has 148 valence electrons. The average Bonchev–Trinajstić information content (AvgIpc) is 3.21. The maximum absolute atomic E-state index is 5.46. The lowest BCUT2D eigenvalue weighted by Crippen LogP contribution is -2.37. The Morgan fingerprint density at radius 1 is 1.00 bits per heavy atom. The molecule has 3 aromatic rings. The van der Waals surface area contributed by atoms with E-state index in [1.165, 1.54) is 5.56 Å². The number of rotatable bonds is 5. The second kappa shape index (κ2) is 8.17. The molecule has 29 heavy (non-hydrogen) atoms. The van der Waals surface area contributed by atoms with Gasteiger partial charge in [-0.15, -0.1) is 10.2 Å². The minimum absolute atomic E-state index is 0.538. The largest absolute Gasteiger partial charge is 0.381 e. The monoisotopic (exact) mass is 387 g/mol. The van der Waals surface area contributed by atoms with Gasteiger partial charge in [-0.2, -0.15) is 0 Å². The number of allylic oxidation sites excluding steroid dienone is 1. The fourth-order valence-electron chi connectivity index (χ4n) is 4.04. The lowest BCUT2D eigenvalue weighted by Gasteiger charge is -2.33. The second-order valence-corrected chi connectivity index (χ2v) is 7.60. The molecule has 0 aliphatic carbocycles. The highest BCUT2D eigenvalue weighted by atomic mass is 16.5. The van der Waals surface area contributed by atoms with Crippen molar-refractivity contribution >= 4 is 11.4 Å². The fourth-order valence-corrected chi connectivity index (χ4v) is 4.04. The molecule has 6 heteroatoms. The van der Waals surface area contributed by atoms with E-state index in [2.05, 4.69) is 74.4 Å². The predicted octanol–water partition coefficient (Wildman–Crippen LogP) is 3.27. The van der Waals surface area contributed by atoms with Gasteiger partial charge in [-0.3, -0.25) is 9.39 Å². The van der Waals surface area contributed by atoms with E-state index >= 15 is 0 Å². The standard InChI is InChI=1S/C23H25N5O/c1-2-4-18(5-3-1)6-7-22-25-26-23-16-19(8-13-28(22)23)21-9-12-27(17-24-21)20-10-14-29-15-11-20/h1-5,8-9,12-13,16,20H,6-7,10-11,14-15,17H2. The molecule has 1 fully saturated rings. The van der Waals surface area contributed by atoms with E-state index in [1.54, 1.807) is 0 Å². The third-order valence-electron chi connectivity index (χ3n) is 5.74. The van der Waals surface area contributed by atoms with Gasteiger partial charge in [0.15, 0.2) is 5.65 Å². The highest BCUT2D eigenvalue weighted by Gasteiger charge is 2.20. The minimum Gasteiger partial charge on any atom is -0.381 e. The van der Waals surface area contributed by atoms with Crippen LogP contribution in [0.25, 0.3) is 5.65 Å². The van der Waals surface area contributed by atoms with E-state index in [4.69, 9.17) is 9.73 Å². The molecule has 2 aliphatic rings. The number of hydrogen-bond donors (Lipinski definition) is 0. The van der Waals surface area contributed by atoms with Gasteiger partial charge in [0.1, 0.15) is 12.5 Å². The number of nitrogens with zero attached hydrogens (tertiary/aromatic N) is 5. The van der Waals surface area contributed by atoms with Crippen LogP contribution in [0, 0.1) is 0 Å². The van der Waals surface area contributed by atoms with Crippen LogP contribution in [0.15, 0.2) is 65.9 Å². The lowest BCUT2D eigenvalue weighted by atomic mass is 10.1. The van der Waals surface area contributed by atoms with E-state index in [1.807, 2.05) is 6.07 Å². The summed E-state index contributed by atoms with van der Waals surface area (Å²) in [4.78, 5) is 7.13. The van der Waals surface area contributed by atoms with Crippen LogP contribution in [-0.4, -0.2) is 51.1 Å². The molecule has 1 aromatic carbocycles. The molecule has 0 unspecified atom stereocenters. The van der Waals surface area contributed by atoms with Gasteiger partial charge >= 0.3 is 0 Å². The molecule has 0 bridgehead atoms. The summed E-state index contributed by atoms with van der Waals surface area (Å²) in [6.07, 6.45) is 10.3. The number of fused-ring (bicyclic) bond motifs is 1. The van der Waals surface area contributed by atoms with Crippen molar-refractivity contribution in [1.82, 2.24) is 19.5 Å². The summed E-state index contributed by atoms with van der Waals surface area (Å²) >= 11 is 0. The molecule has 0 atom stereocenters. The Kier molecular flexibility index (Phi) is 5.09.